The minimum absolute atomic E-state index is 0.00259. The summed E-state index contributed by atoms with van der Waals surface area (Å²) in [4.78, 5) is 12.0. The Bertz CT molecular complexity index is 910. The molecular weight excluding hydrogens is 436 g/mol. The molecule has 0 aliphatic carbocycles. The van der Waals surface area contributed by atoms with E-state index < -0.39 is 0 Å². The van der Waals surface area contributed by atoms with Gasteiger partial charge in [-0.15, -0.1) is 10.2 Å². The smallest absolute Gasteiger partial charge is 0.230 e. The molecule has 0 saturated heterocycles. The summed E-state index contributed by atoms with van der Waals surface area (Å²) in [5.74, 6) is 1.14. The topological polar surface area (TPSA) is 59.8 Å². The first kappa shape index (κ1) is 20.6. The summed E-state index contributed by atoms with van der Waals surface area (Å²) < 4.78 is 3.12. The third-order valence-electron chi connectivity index (χ3n) is 4.07. The van der Waals surface area contributed by atoms with E-state index in [0.29, 0.717) is 5.75 Å². The summed E-state index contributed by atoms with van der Waals surface area (Å²) in [7, 11) is 0. The second-order valence-electron chi connectivity index (χ2n) is 6.71. The summed E-state index contributed by atoms with van der Waals surface area (Å²) in [6.45, 7) is 4.66. The molecule has 3 rings (SSSR count). The van der Waals surface area contributed by atoms with Crippen LogP contribution in [0.5, 0.6) is 0 Å². The van der Waals surface area contributed by atoms with Crippen LogP contribution in [0.3, 0.4) is 0 Å². The van der Waals surface area contributed by atoms with Crippen LogP contribution < -0.4 is 5.32 Å². The zero-order valence-corrected chi connectivity index (χ0v) is 18.3. The zero-order chi connectivity index (χ0) is 19.9. The van der Waals surface area contributed by atoms with Crippen molar-refractivity contribution in [2.75, 3.05) is 5.75 Å². The molecule has 1 N–H and O–H groups in total. The molecule has 0 fully saturated rings. The van der Waals surface area contributed by atoms with E-state index in [1.807, 2.05) is 56.3 Å². The van der Waals surface area contributed by atoms with Crippen LogP contribution in [0, 0.1) is 0 Å². The first-order valence-electron chi connectivity index (χ1n) is 9.18. The average Bonchev–Trinajstić information content (AvgIpc) is 3.08. The maximum Gasteiger partial charge on any atom is 0.230 e. The van der Waals surface area contributed by atoms with Crippen molar-refractivity contribution < 1.29 is 4.79 Å². The molecule has 146 valence electrons. The Hall–Kier alpha value is -2.12. The van der Waals surface area contributed by atoms with Gasteiger partial charge in [0.25, 0.3) is 0 Å². The van der Waals surface area contributed by atoms with Crippen LogP contribution in [0.2, 0.25) is 0 Å². The molecule has 0 spiro atoms. The van der Waals surface area contributed by atoms with Crippen molar-refractivity contribution in [3.63, 3.8) is 0 Å². The molecular formula is C21H23BrN4OS. The molecule has 1 amide bonds. The van der Waals surface area contributed by atoms with Crippen molar-refractivity contribution in [3.8, 4) is 11.4 Å². The highest BCUT2D eigenvalue weighted by molar-refractivity contribution is 9.10. The molecule has 0 aliphatic heterocycles. The molecule has 0 radical (unpaired) electrons. The number of rotatable bonds is 8. The monoisotopic (exact) mass is 458 g/mol. The molecule has 7 heteroatoms. The molecule has 0 bridgehead atoms. The average molecular weight is 459 g/mol. The lowest BCUT2D eigenvalue weighted by molar-refractivity contribution is -0.119. The number of nitrogens with one attached hydrogen (secondary N) is 1. The summed E-state index contributed by atoms with van der Waals surface area (Å²) in [6, 6.07) is 18.5. The predicted molar refractivity (Wildman–Crippen MR) is 117 cm³/mol. The Morgan fingerprint density at radius 2 is 1.82 bits per heavy atom. The molecule has 0 atom stereocenters. The van der Waals surface area contributed by atoms with Crippen LogP contribution in [0.15, 0.2) is 64.2 Å². The summed E-state index contributed by atoms with van der Waals surface area (Å²) in [5.41, 5.74) is 2.26. The Morgan fingerprint density at radius 3 is 2.50 bits per heavy atom. The van der Waals surface area contributed by atoms with Crippen LogP contribution in [0.1, 0.15) is 19.4 Å². The number of aromatic nitrogens is 3. The van der Waals surface area contributed by atoms with Crippen molar-refractivity contribution in [3.05, 3.63) is 64.6 Å². The Kier molecular flexibility index (Phi) is 7.28. The number of benzene rings is 2. The first-order valence-corrected chi connectivity index (χ1v) is 11.0. The number of halogens is 1. The van der Waals surface area contributed by atoms with Crippen LogP contribution in [-0.2, 0) is 17.8 Å². The van der Waals surface area contributed by atoms with E-state index >= 15 is 0 Å². The zero-order valence-electron chi connectivity index (χ0n) is 15.9. The summed E-state index contributed by atoms with van der Waals surface area (Å²) >= 11 is 4.89. The van der Waals surface area contributed by atoms with Crippen molar-refractivity contribution in [2.24, 2.45) is 0 Å². The molecule has 2 aromatic carbocycles. The van der Waals surface area contributed by atoms with E-state index in [1.165, 1.54) is 17.3 Å². The summed E-state index contributed by atoms with van der Waals surface area (Å²) in [5, 5.41) is 12.4. The fourth-order valence-electron chi connectivity index (χ4n) is 2.79. The molecule has 1 aromatic heterocycles. The highest BCUT2D eigenvalue weighted by atomic mass is 79.9. The number of hydrogen-bond acceptors (Lipinski definition) is 4. The van der Waals surface area contributed by atoms with E-state index in [-0.39, 0.29) is 11.9 Å². The van der Waals surface area contributed by atoms with Crippen molar-refractivity contribution in [2.45, 2.75) is 38.0 Å². The molecule has 3 aromatic rings. The van der Waals surface area contributed by atoms with Crippen molar-refractivity contribution in [1.29, 1.82) is 0 Å². The molecule has 28 heavy (non-hydrogen) atoms. The summed E-state index contributed by atoms with van der Waals surface area (Å²) in [6.07, 6.45) is 0.869. The van der Waals surface area contributed by atoms with Gasteiger partial charge in [-0.1, -0.05) is 70.2 Å². The van der Waals surface area contributed by atoms with Gasteiger partial charge in [0.15, 0.2) is 11.0 Å². The molecule has 5 nitrogen and oxygen atoms in total. The number of carbonyl (C=O) groups excluding carboxylic acids is 1. The van der Waals surface area contributed by atoms with Gasteiger partial charge >= 0.3 is 0 Å². The van der Waals surface area contributed by atoms with Crippen LogP contribution in [-0.4, -0.2) is 32.5 Å². The van der Waals surface area contributed by atoms with Crippen LogP contribution in [0.25, 0.3) is 11.4 Å². The number of carbonyl (C=O) groups is 1. The van der Waals surface area contributed by atoms with E-state index in [2.05, 4.69) is 48.1 Å². The number of thioether (sulfide) groups is 1. The van der Waals surface area contributed by atoms with Gasteiger partial charge in [-0.05, 0) is 38.0 Å². The number of amides is 1. The van der Waals surface area contributed by atoms with E-state index in [4.69, 9.17) is 0 Å². The van der Waals surface area contributed by atoms with Gasteiger partial charge < -0.3 is 9.88 Å². The predicted octanol–water partition coefficient (Wildman–Crippen LogP) is 4.57. The fourth-order valence-corrected chi connectivity index (χ4v) is 3.83. The van der Waals surface area contributed by atoms with Crippen molar-refractivity contribution in [1.82, 2.24) is 20.1 Å². The highest BCUT2D eigenvalue weighted by Crippen LogP contribution is 2.25. The van der Waals surface area contributed by atoms with Gasteiger partial charge in [0, 0.05) is 22.6 Å². The molecule has 0 saturated carbocycles. The second kappa shape index (κ2) is 9.89. The lowest BCUT2D eigenvalue weighted by atomic mass is 10.1. The van der Waals surface area contributed by atoms with E-state index in [9.17, 15) is 4.79 Å². The highest BCUT2D eigenvalue weighted by Gasteiger charge is 2.16. The fraction of sp³-hybridized carbons (Fsp3) is 0.286. The van der Waals surface area contributed by atoms with Gasteiger partial charge in [0.1, 0.15) is 0 Å². The van der Waals surface area contributed by atoms with Crippen molar-refractivity contribution >= 4 is 33.6 Å². The Balaban J connectivity index is 1.82. The standard InChI is InChI=1S/C21H23BrN4OS/c1-15(2)23-19(27)14-28-21-25-24-20(17-8-10-18(22)11-9-17)26(21)13-12-16-6-4-3-5-7-16/h3-11,15H,12-14H2,1-2H3,(H,23,27). The van der Waals surface area contributed by atoms with Gasteiger partial charge in [0.05, 0.1) is 5.75 Å². The van der Waals surface area contributed by atoms with Crippen LogP contribution >= 0.6 is 27.7 Å². The minimum atomic E-state index is 0.00259. The van der Waals surface area contributed by atoms with Gasteiger partial charge in [-0.2, -0.15) is 0 Å². The normalized spacial score (nSPS) is 11.0. The van der Waals surface area contributed by atoms with Crippen LogP contribution in [0.4, 0.5) is 0 Å². The molecule has 0 unspecified atom stereocenters. The second-order valence-corrected chi connectivity index (χ2v) is 8.57. The third-order valence-corrected chi connectivity index (χ3v) is 5.56. The van der Waals surface area contributed by atoms with E-state index in [0.717, 1.165) is 34.0 Å². The Labute approximate surface area is 178 Å². The first-order chi connectivity index (χ1) is 13.5. The minimum Gasteiger partial charge on any atom is -0.353 e. The number of hydrogen-bond donors (Lipinski definition) is 1. The number of nitrogens with zero attached hydrogens (tertiary/aromatic N) is 3. The molecule has 0 aliphatic rings. The Morgan fingerprint density at radius 1 is 1.11 bits per heavy atom. The third kappa shape index (κ3) is 5.69. The van der Waals surface area contributed by atoms with Gasteiger partial charge in [-0.3, -0.25) is 4.79 Å². The molecule has 1 heterocycles. The SMILES string of the molecule is CC(C)NC(=O)CSc1nnc(-c2ccc(Br)cc2)n1CCc1ccccc1. The number of aryl methyl sites for hydroxylation is 1. The lowest BCUT2D eigenvalue weighted by Gasteiger charge is -2.11. The maximum atomic E-state index is 12.0. The van der Waals surface area contributed by atoms with Gasteiger partial charge in [0.2, 0.25) is 5.91 Å². The lowest BCUT2D eigenvalue weighted by Crippen LogP contribution is -2.31. The van der Waals surface area contributed by atoms with E-state index in [1.54, 1.807) is 0 Å². The van der Waals surface area contributed by atoms with Gasteiger partial charge in [-0.25, -0.2) is 0 Å². The largest absolute Gasteiger partial charge is 0.353 e. The maximum absolute atomic E-state index is 12.0. The quantitative estimate of drug-likeness (QED) is 0.502.